The average Bonchev–Trinajstić information content (AvgIpc) is 3.91. The lowest BCUT2D eigenvalue weighted by atomic mass is 9.74. The van der Waals surface area contributed by atoms with Gasteiger partial charge < -0.3 is 23.2 Å². The molecule has 8 nitrogen and oxygen atoms in total. The van der Waals surface area contributed by atoms with Crippen LogP contribution in [-0.4, -0.2) is 40.8 Å². The molecule has 0 saturated carbocycles. The Kier molecular flexibility index (Phi) is 15.0. The van der Waals surface area contributed by atoms with Crippen LogP contribution >= 0.6 is 0 Å². The predicted octanol–water partition coefficient (Wildman–Crippen LogP) is 13.1. The van der Waals surface area contributed by atoms with Crippen LogP contribution in [0.5, 0.6) is 0 Å². The summed E-state index contributed by atoms with van der Waals surface area (Å²) in [4.78, 5) is 2.25. The first-order chi connectivity index (χ1) is 33.5. The number of furan rings is 1. The number of halogens is 3. The van der Waals surface area contributed by atoms with E-state index in [1.165, 1.54) is 36.4 Å². The van der Waals surface area contributed by atoms with Crippen molar-refractivity contribution in [3.63, 3.8) is 0 Å². The van der Waals surface area contributed by atoms with Crippen molar-refractivity contribution >= 4 is 41.4 Å². The van der Waals surface area contributed by atoms with Crippen molar-refractivity contribution in [1.29, 1.82) is 15.8 Å². The van der Waals surface area contributed by atoms with E-state index < -0.39 is 42.6 Å². The van der Waals surface area contributed by atoms with Gasteiger partial charge in [0.2, 0.25) is 0 Å². The fraction of sp³-hybridized carbons (Fsp3) is 0.293. The van der Waals surface area contributed by atoms with Crippen LogP contribution in [0.25, 0.3) is 17.0 Å². The topological polar surface area (TPSA) is 115 Å². The van der Waals surface area contributed by atoms with Gasteiger partial charge in [0.25, 0.3) is 13.9 Å². The highest BCUT2D eigenvalue weighted by atomic mass is 28.4. The molecule has 5 aromatic rings. The Morgan fingerprint density at radius 2 is 1.40 bits per heavy atom. The molecule has 1 aromatic heterocycles. The molecule has 0 spiro atoms. The summed E-state index contributed by atoms with van der Waals surface area (Å²) in [7, 11) is -2.94. The standard InChI is InChI=1S/C58H57F3N4O4Si/c1-8-65(9-2)46-30-28-41-34-47(68-52(41)35-46)31-29-43-37-56(6,7)36-42(53(43)66-32-33-67-70(55(3,4)5,48-23-15-11-16-24-48)49-25-17-12-18-26-49)20-19-27-51-50(40-64)54(44(38-62)39-63)69-57(51,58(59,60)61)45-21-13-10-14-22-45/h10-31,34-35H,8-9,32-33,36-37H2,1-7H3/b27-19+,31-29+,42-20+. The lowest BCUT2D eigenvalue weighted by Crippen LogP contribution is -2.66. The van der Waals surface area contributed by atoms with Gasteiger partial charge >= 0.3 is 6.18 Å². The molecule has 4 aromatic carbocycles. The van der Waals surface area contributed by atoms with E-state index in [0.717, 1.165) is 45.7 Å². The zero-order valence-electron chi connectivity index (χ0n) is 40.7. The molecule has 12 heteroatoms. The zero-order valence-corrected chi connectivity index (χ0v) is 41.7. The molecule has 1 atom stereocenters. The highest BCUT2D eigenvalue weighted by Gasteiger charge is 2.65. The maximum Gasteiger partial charge on any atom is 0.437 e. The van der Waals surface area contributed by atoms with Gasteiger partial charge in [-0.2, -0.15) is 29.0 Å². The molecule has 70 heavy (non-hydrogen) atoms. The molecule has 2 aliphatic rings. The molecule has 2 heterocycles. The van der Waals surface area contributed by atoms with E-state index in [9.17, 15) is 15.8 Å². The molecule has 1 unspecified atom stereocenters. The van der Waals surface area contributed by atoms with Gasteiger partial charge in [-0.25, -0.2) is 0 Å². The molecule has 358 valence electrons. The number of nitrogens with zero attached hydrogens (tertiary/aromatic N) is 4. The predicted molar refractivity (Wildman–Crippen MR) is 272 cm³/mol. The van der Waals surface area contributed by atoms with Gasteiger partial charge in [0.05, 0.1) is 6.61 Å². The summed E-state index contributed by atoms with van der Waals surface area (Å²) >= 11 is 0. The second-order valence-corrected chi connectivity index (χ2v) is 23.4. The monoisotopic (exact) mass is 958 g/mol. The molecule has 0 fully saturated rings. The van der Waals surface area contributed by atoms with Crippen molar-refractivity contribution in [2.45, 2.75) is 78.1 Å². The average molecular weight is 959 g/mol. The second kappa shape index (κ2) is 20.7. The van der Waals surface area contributed by atoms with Crippen molar-refractivity contribution in [2.24, 2.45) is 5.41 Å². The molecule has 0 bridgehead atoms. The maximum atomic E-state index is 15.7. The quantitative estimate of drug-likeness (QED) is 0.0579. The number of rotatable bonds is 15. The number of benzene rings is 4. The highest BCUT2D eigenvalue weighted by molar-refractivity contribution is 6.99. The molecule has 0 radical (unpaired) electrons. The number of anilines is 1. The van der Waals surface area contributed by atoms with E-state index in [-0.39, 0.29) is 29.2 Å². The van der Waals surface area contributed by atoms with E-state index >= 15 is 13.2 Å². The molecule has 1 aliphatic heterocycles. The zero-order chi connectivity index (χ0) is 50.3. The van der Waals surface area contributed by atoms with Gasteiger partial charge in [0.15, 0.2) is 11.3 Å². The van der Waals surface area contributed by atoms with Gasteiger partial charge in [-0.05, 0) is 82.9 Å². The van der Waals surface area contributed by atoms with Crippen LogP contribution in [0.4, 0.5) is 18.9 Å². The smallest absolute Gasteiger partial charge is 0.437 e. The number of hydrogen-bond donors (Lipinski definition) is 0. The second-order valence-electron chi connectivity index (χ2n) is 19.1. The molecule has 0 saturated heterocycles. The Morgan fingerprint density at radius 3 is 1.96 bits per heavy atom. The van der Waals surface area contributed by atoms with E-state index in [1.54, 1.807) is 24.3 Å². The van der Waals surface area contributed by atoms with E-state index in [1.807, 2.05) is 72.8 Å². The summed E-state index contributed by atoms with van der Waals surface area (Å²) < 4.78 is 73.1. The van der Waals surface area contributed by atoms with Crippen LogP contribution in [0.1, 0.15) is 72.6 Å². The van der Waals surface area contributed by atoms with Crippen molar-refractivity contribution in [2.75, 3.05) is 31.2 Å². The van der Waals surface area contributed by atoms with Crippen LogP contribution in [0.2, 0.25) is 5.04 Å². The van der Waals surface area contributed by atoms with E-state index in [4.69, 9.17) is 18.3 Å². The molecule has 1 aliphatic carbocycles. The SMILES string of the molecule is CCN(CC)c1ccc2cc(/C=C/C3=C(OCCO[Si](c4ccccc4)(c4ccccc4)C(C)(C)C)C(=C/C=C/C4=C(C#N)C(=C(C#N)C#N)OC4(c4ccccc4)C(F)(F)F)/CC(C)(C)C3)oc2c1. The largest absolute Gasteiger partial charge is 0.491 e. The summed E-state index contributed by atoms with van der Waals surface area (Å²) in [6, 6.07) is 40.8. The van der Waals surface area contributed by atoms with E-state index in [2.05, 4.69) is 83.7 Å². The minimum atomic E-state index is -5.13. The fourth-order valence-corrected chi connectivity index (χ4v) is 14.3. The Bertz CT molecular complexity index is 2970. The molecular formula is C58H57F3N4O4Si. The number of ether oxygens (including phenoxy) is 2. The Balaban J connectivity index is 1.34. The first-order valence-electron chi connectivity index (χ1n) is 23.4. The van der Waals surface area contributed by atoms with Gasteiger partial charge in [-0.15, -0.1) is 0 Å². The molecule has 7 rings (SSSR count). The van der Waals surface area contributed by atoms with Crippen LogP contribution in [0.3, 0.4) is 0 Å². The van der Waals surface area contributed by atoms with Crippen LogP contribution in [0.15, 0.2) is 183 Å². The van der Waals surface area contributed by atoms with Gasteiger partial charge in [-0.1, -0.05) is 150 Å². The van der Waals surface area contributed by atoms with Gasteiger partial charge in [-0.3, -0.25) is 0 Å². The Hall–Kier alpha value is -7.30. The number of nitriles is 3. The van der Waals surface area contributed by atoms with Crippen molar-refractivity contribution in [3.8, 4) is 18.2 Å². The van der Waals surface area contributed by atoms with Crippen LogP contribution in [0, 0.1) is 39.4 Å². The summed E-state index contributed by atoms with van der Waals surface area (Å²) in [5, 5.41) is 32.9. The van der Waals surface area contributed by atoms with E-state index in [0.29, 0.717) is 29.9 Å². The minimum Gasteiger partial charge on any atom is -0.491 e. The number of fused-ring (bicyclic) bond motifs is 1. The fourth-order valence-electron chi connectivity index (χ4n) is 9.80. The normalized spacial score (nSPS) is 18.0. The maximum absolute atomic E-state index is 15.7. The third kappa shape index (κ3) is 9.92. The lowest BCUT2D eigenvalue weighted by Gasteiger charge is -2.43. The Morgan fingerprint density at radius 1 is 0.786 bits per heavy atom. The minimum absolute atomic E-state index is 0.152. The summed E-state index contributed by atoms with van der Waals surface area (Å²) in [5.41, 5.74) is -2.35. The van der Waals surface area contributed by atoms with Crippen molar-refractivity contribution in [3.05, 3.63) is 190 Å². The summed E-state index contributed by atoms with van der Waals surface area (Å²) in [6.07, 6.45) is 4.19. The lowest BCUT2D eigenvalue weighted by molar-refractivity contribution is -0.249. The van der Waals surface area contributed by atoms with Gasteiger partial charge in [0.1, 0.15) is 47.5 Å². The van der Waals surface area contributed by atoms with Gasteiger partial charge in [0, 0.05) is 41.4 Å². The summed E-state index contributed by atoms with van der Waals surface area (Å²) in [5.74, 6) is 0.458. The third-order valence-electron chi connectivity index (χ3n) is 12.9. The van der Waals surface area contributed by atoms with Crippen molar-refractivity contribution in [1.82, 2.24) is 0 Å². The number of allylic oxidation sites excluding steroid dienone is 7. The molecular weight excluding hydrogens is 902 g/mol. The number of hydrogen-bond acceptors (Lipinski definition) is 8. The molecule has 0 amide bonds. The van der Waals surface area contributed by atoms with Crippen LogP contribution in [-0.2, 0) is 19.5 Å². The van der Waals surface area contributed by atoms with Crippen LogP contribution < -0.4 is 15.3 Å². The van der Waals surface area contributed by atoms with Crippen molar-refractivity contribution < 1.29 is 31.5 Å². The third-order valence-corrected chi connectivity index (χ3v) is 18.0. The Labute approximate surface area is 410 Å². The summed E-state index contributed by atoms with van der Waals surface area (Å²) in [6.45, 7) is 17.2. The highest BCUT2D eigenvalue weighted by Crippen LogP contribution is 2.56. The molecule has 0 N–H and O–H groups in total. The first-order valence-corrected chi connectivity index (χ1v) is 25.3. The first kappa shape index (κ1) is 50.6. The number of alkyl halides is 3.